The zero-order chi connectivity index (χ0) is 22.0. The number of nitrogens with one attached hydrogen (secondary N) is 1. The van der Waals surface area contributed by atoms with E-state index < -0.39 is 23.9 Å². The Kier molecular flexibility index (Phi) is 6.27. The number of rotatable bonds is 5. The minimum absolute atomic E-state index is 0.118. The van der Waals surface area contributed by atoms with Gasteiger partial charge < -0.3 is 9.84 Å². The van der Waals surface area contributed by atoms with Gasteiger partial charge in [0.25, 0.3) is 5.91 Å². The zero-order valence-corrected chi connectivity index (χ0v) is 17.3. The molecule has 1 amide bonds. The summed E-state index contributed by atoms with van der Waals surface area (Å²) in [6, 6.07) is 12.0. The smallest absolute Gasteiger partial charge is 0.259 e. The van der Waals surface area contributed by atoms with Crippen molar-refractivity contribution >= 4 is 34.6 Å². The zero-order valence-electron chi connectivity index (χ0n) is 16.6. The summed E-state index contributed by atoms with van der Waals surface area (Å²) in [5.74, 6) is -0.988. The minimum Gasteiger partial charge on any atom is -0.389 e. The number of carbonyl (C=O) groups is 1. The van der Waals surface area contributed by atoms with E-state index in [0.29, 0.717) is 24.2 Å². The summed E-state index contributed by atoms with van der Waals surface area (Å²) in [6.07, 6.45) is 2.18. The van der Waals surface area contributed by atoms with Crippen LogP contribution in [-0.4, -0.2) is 52.6 Å². The number of nitrogens with zero attached hydrogens (tertiary/aromatic N) is 2. The SMILES string of the molecule is N=CN(C(=O)c1cc(Cc2ccnc(Cl)c2F)c2ccccc2c1)C1CCOCC1O. The number of halogens is 2. The lowest BCUT2D eigenvalue weighted by Crippen LogP contribution is -2.50. The van der Waals surface area contributed by atoms with Crippen LogP contribution in [0.3, 0.4) is 0 Å². The van der Waals surface area contributed by atoms with E-state index >= 15 is 0 Å². The van der Waals surface area contributed by atoms with Crippen LogP contribution in [0.15, 0.2) is 48.7 Å². The molecule has 4 rings (SSSR count). The Balaban J connectivity index is 1.75. The molecule has 2 heterocycles. The van der Waals surface area contributed by atoms with Gasteiger partial charge in [0.1, 0.15) is 0 Å². The second kappa shape index (κ2) is 9.09. The fraction of sp³-hybridized carbons (Fsp3) is 0.261. The third-order valence-electron chi connectivity index (χ3n) is 5.52. The molecule has 0 aliphatic carbocycles. The second-order valence-corrected chi connectivity index (χ2v) is 7.81. The molecule has 1 aliphatic rings. The molecular weight excluding hydrogens is 421 g/mol. The first-order chi connectivity index (χ1) is 15.0. The second-order valence-electron chi connectivity index (χ2n) is 7.45. The highest BCUT2D eigenvalue weighted by Crippen LogP contribution is 2.27. The van der Waals surface area contributed by atoms with Gasteiger partial charge in [0.05, 0.1) is 25.1 Å². The van der Waals surface area contributed by atoms with Crippen molar-refractivity contribution in [1.29, 1.82) is 5.41 Å². The molecule has 2 unspecified atom stereocenters. The largest absolute Gasteiger partial charge is 0.389 e. The molecule has 1 fully saturated rings. The first-order valence-corrected chi connectivity index (χ1v) is 10.3. The molecule has 0 radical (unpaired) electrons. The maximum Gasteiger partial charge on any atom is 0.259 e. The highest BCUT2D eigenvalue weighted by atomic mass is 35.5. The summed E-state index contributed by atoms with van der Waals surface area (Å²) < 4.78 is 19.7. The van der Waals surface area contributed by atoms with Crippen molar-refractivity contribution in [2.45, 2.75) is 25.0 Å². The van der Waals surface area contributed by atoms with Crippen molar-refractivity contribution in [3.63, 3.8) is 0 Å². The predicted octanol–water partition coefficient (Wildman–Crippen LogP) is 3.82. The molecule has 0 bridgehead atoms. The van der Waals surface area contributed by atoms with Crippen molar-refractivity contribution in [2.24, 2.45) is 0 Å². The lowest BCUT2D eigenvalue weighted by atomic mass is 9.95. The van der Waals surface area contributed by atoms with Crippen molar-refractivity contribution in [3.8, 4) is 0 Å². The van der Waals surface area contributed by atoms with Gasteiger partial charge >= 0.3 is 0 Å². The third kappa shape index (κ3) is 4.30. The first-order valence-electron chi connectivity index (χ1n) is 9.89. The van der Waals surface area contributed by atoms with Crippen LogP contribution in [0.2, 0.25) is 5.15 Å². The molecule has 0 spiro atoms. The van der Waals surface area contributed by atoms with E-state index in [2.05, 4.69) is 4.98 Å². The van der Waals surface area contributed by atoms with Crippen molar-refractivity contribution in [3.05, 3.63) is 76.3 Å². The first kappa shape index (κ1) is 21.4. The molecule has 1 saturated heterocycles. The number of amides is 1. The highest BCUT2D eigenvalue weighted by molar-refractivity contribution is 6.29. The predicted molar refractivity (Wildman–Crippen MR) is 116 cm³/mol. The third-order valence-corrected chi connectivity index (χ3v) is 5.79. The number of hydrogen-bond donors (Lipinski definition) is 2. The van der Waals surface area contributed by atoms with Gasteiger partial charge in [-0.25, -0.2) is 9.37 Å². The van der Waals surface area contributed by atoms with Crippen LogP contribution in [0.25, 0.3) is 10.8 Å². The Morgan fingerprint density at radius 3 is 2.90 bits per heavy atom. The van der Waals surface area contributed by atoms with Crippen molar-refractivity contribution < 1.29 is 19.0 Å². The van der Waals surface area contributed by atoms with Gasteiger partial charge in [-0.3, -0.25) is 15.1 Å². The number of carbonyl (C=O) groups excluding carboxylic acids is 1. The van der Waals surface area contributed by atoms with Crippen molar-refractivity contribution in [1.82, 2.24) is 9.88 Å². The molecule has 1 aromatic heterocycles. The summed E-state index contributed by atoms with van der Waals surface area (Å²) in [6.45, 7) is 0.526. The maximum atomic E-state index is 14.5. The topological polar surface area (TPSA) is 86.5 Å². The Morgan fingerprint density at radius 1 is 1.32 bits per heavy atom. The van der Waals surface area contributed by atoms with E-state index in [9.17, 15) is 14.3 Å². The van der Waals surface area contributed by atoms with Crippen LogP contribution in [-0.2, 0) is 11.2 Å². The Bertz CT molecular complexity index is 1140. The van der Waals surface area contributed by atoms with Gasteiger partial charge in [-0.2, -0.15) is 0 Å². The molecule has 160 valence electrons. The number of benzene rings is 2. The van der Waals surface area contributed by atoms with Crippen LogP contribution >= 0.6 is 11.6 Å². The van der Waals surface area contributed by atoms with Gasteiger partial charge in [0, 0.05) is 24.8 Å². The molecule has 2 N–H and O–H groups in total. The number of hydrogen-bond acceptors (Lipinski definition) is 5. The van der Waals surface area contributed by atoms with Crippen molar-refractivity contribution in [2.75, 3.05) is 13.2 Å². The fourth-order valence-electron chi connectivity index (χ4n) is 3.95. The number of ether oxygens (including phenoxy) is 1. The lowest BCUT2D eigenvalue weighted by molar-refractivity contribution is -0.0439. The van der Waals surface area contributed by atoms with Gasteiger partial charge in [-0.05, 0) is 46.5 Å². The standard InChI is InChI=1S/C23H21ClFN3O3/c24-22-21(25)15(5-7-27-22)10-16-11-17(9-14-3-1-2-4-18(14)16)23(30)28(13-26)19-6-8-31-12-20(19)29/h1-5,7,9,11,13,19-20,26,29H,6,8,10,12H2. The van der Waals surface area contributed by atoms with Gasteiger partial charge in [-0.15, -0.1) is 0 Å². The van der Waals surface area contributed by atoms with Crippen LogP contribution in [0, 0.1) is 11.2 Å². The van der Waals surface area contributed by atoms with Gasteiger partial charge in [0.15, 0.2) is 11.0 Å². The number of aromatic nitrogens is 1. The van der Waals surface area contributed by atoms with Crippen LogP contribution in [0.5, 0.6) is 0 Å². The van der Waals surface area contributed by atoms with Crippen LogP contribution < -0.4 is 0 Å². The molecule has 3 aromatic rings. The molecule has 2 atom stereocenters. The summed E-state index contributed by atoms with van der Waals surface area (Å²) in [4.78, 5) is 18.3. The summed E-state index contributed by atoms with van der Waals surface area (Å²) in [5, 5.41) is 19.5. The maximum absolute atomic E-state index is 14.5. The number of fused-ring (bicyclic) bond motifs is 1. The van der Waals surface area contributed by atoms with Gasteiger partial charge in [0.2, 0.25) is 0 Å². The van der Waals surface area contributed by atoms with E-state index in [1.54, 1.807) is 18.2 Å². The quantitative estimate of drug-likeness (QED) is 0.358. The van der Waals surface area contributed by atoms with Crippen LogP contribution in [0.4, 0.5) is 4.39 Å². The molecule has 6 nitrogen and oxygen atoms in total. The fourth-order valence-corrected chi connectivity index (χ4v) is 4.12. The lowest BCUT2D eigenvalue weighted by Gasteiger charge is -2.34. The Morgan fingerprint density at radius 2 is 2.13 bits per heavy atom. The van der Waals surface area contributed by atoms with E-state index in [1.165, 1.54) is 11.1 Å². The molecule has 1 aliphatic heterocycles. The molecule has 8 heteroatoms. The normalized spacial score (nSPS) is 18.7. The molecule has 31 heavy (non-hydrogen) atoms. The number of pyridine rings is 1. The Labute approximate surface area is 183 Å². The summed E-state index contributed by atoms with van der Waals surface area (Å²) >= 11 is 5.83. The number of aliphatic hydroxyl groups excluding tert-OH is 1. The van der Waals surface area contributed by atoms with E-state index in [0.717, 1.165) is 22.7 Å². The highest BCUT2D eigenvalue weighted by Gasteiger charge is 2.32. The monoisotopic (exact) mass is 441 g/mol. The summed E-state index contributed by atoms with van der Waals surface area (Å²) in [7, 11) is 0. The van der Waals surface area contributed by atoms with E-state index in [1.807, 2.05) is 24.3 Å². The average Bonchev–Trinajstić information content (AvgIpc) is 2.78. The average molecular weight is 442 g/mol. The minimum atomic E-state index is -0.868. The summed E-state index contributed by atoms with van der Waals surface area (Å²) in [5.41, 5.74) is 1.48. The van der Waals surface area contributed by atoms with E-state index in [4.69, 9.17) is 21.7 Å². The number of aliphatic hydroxyl groups is 1. The molecular formula is C23H21ClFN3O3. The van der Waals surface area contributed by atoms with E-state index in [-0.39, 0.29) is 18.2 Å². The molecule has 2 aromatic carbocycles. The van der Waals surface area contributed by atoms with Crippen LogP contribution in [0.1, 0.15) is 27.9 Å². The Hall–Kier alpha value is -2.87. The molecule has 0 saturated carbocycles. The van der Waals surface area contributed by atoms with Gasteiger partial charge in [-0.1, -0.05) is 35.9 Å².